The molecule has 0 radical (unpaired) electrons. The van der Waals surface area contributed by atoms with E-state index < -0.39 is 10.0 Å². The van der Waals surface area contributed by atoms with Gasteiger partial charge in [-0.3, -0.25) is 4.79 Å². The van der Waals surface area contributed by atoms with E-state index >= 15 is 0 Å². The highest BCUT2D eigenvalue weighted by Gasteiger charge is 2.28. The van der Waals surface area contributed by atoms with Crippen molar-refractivity contribution < 1.29 is 13.2 Å². The molecule has 1 aliphatic rings. The summed E-state index contributed by atoms with van der Waals surface area (Å²) in [5, 5.41) is 3.29. The van der Waals surface area contributed by atoms with Crippen molar-refractivity contribution in [2.45, 2.75) is 26.2 Å². The van der Waals surface area contributed by atoms with Crippen molar-refractivity contribution in [3.05, 3.63) is 34.9 Å². The molecule has 1 aliphatic heterocycles. The maximum Gasteiger partial charge on any atom is 0.252 e. The predicted octanol–water partition coefficient (Wildman–Crippen LogP) is 2.52. The number of halogens is 1. The number of nitrogens with one attached hydrogen (secondary N) is 1. The lowest BCUT2D eigenvalue weighted by molar-refractivity contribution is 0.0941. The van der Waals surface area contributed by atoms with Gasteiger partial charge >= 0.3 is 0 Å². The number of piperidine rings is 1. The average Bonchev–Trinajstić information content (AvgIpc) is 2.53. The molecule has 1 amide bonds. The molecule has 1 atom stereocenters. The molecule has 1 fully saturated rings. The van der Waals surface area contributed by atoms with Gasteiger partial charge in [-0.05, 0) is 37.3 Å². The van der Waals surface area contributed by atoms with E-state index in [0.717, 1.165) is 12.8 Å². The number of sulfonamides is 1. The molecule has 0 spiro atoms. The van der Waals surface area contributed by atoms with Gasteiger partial charge in [0, 0.05) is 19.6 Å². The van der Waals surface area contributed by atoms with Gasteiger partial charge < -0.3 is 5.32 Å². The van der Waals surface area contributed by atoms with Crippen LogP contribution in [0.3, 0.4) is 0 Å². The Kier molecular flexibility index (Phi) is 6.44. The highest BCUT2D eigenvalue weighted by molar-refractivity contribution is 7.89. The van der Waals surface area contributed by atoms with Crippen LogP contribution in [0.2, 0.25) is 5.02 Å². The SMILES string of the molecule is CCCS(=O)(=O)N1CCC[C@H](CNC(=O)c2ccccc2Cl)C1. The molecule has 1 aromatic rings. The van der Waals surface area contributed by atoms with Gasteiger partial charge in [0.1, 0.15) is 0 Å². The molecule has 1 N–H and O–H groups in total. The molecule has 1 saturated heterocycles. The highest BCUT2D eigenvalue weighted by atomic mass is 35.5. The minimum absolute atomic E-state index is 0.141. The van der Waals surface area contributed by atoms with Crippen LogP contribution in [0.25, 0.3) is 0 Å². The minimum Gasteiger partial charge on any atom is -0.352 e. The number of hydrogen-bond acceptors (Lipinski definition) is 3. The lowest BCUT2D eigenvalue weighted by Gasteiger charge is -2.32. The summed E-state index contributed by atoms with van der Waals surface area (Å²) in [5.74, 6) is 0.108. The third-order valence-corrected chi connectivity index (χ3v) is 6.38. The number of benzene rings is 1. The van der Waals surface area contributed by atoms with Crippen molar-refractivity contribution >= 4 is 27.5 Å². The molecule has 0 bridgehead atoms. The number of nitrogens with zero attached hydrogens (tertiary/aromatic N) is 1. The van der Waals surface area contributed by atoms with Crippen LogP contribution in [0.15, 0.2) is 24.3 Å². The van der Waals surface area contributed by atoms with Gasteiger partial charge in [0.15, 0.2) is 0 Å². The molecule has 0 aliphatic carbocycles. The van der Waals surface area contributed by atoms with Crippen molar-refractivity contribution in [3.63, 3.8) is 0 Å². The topological polar surface area (TPSA) is 66.5 Å². The van der Waals surface area contributed by atoms with Crippen LogP contribution in [0, 0.1) is 5.92 Å². The highest BCUT2D eigenvalue weighted by Crippen LogP contribution is 2.20. The zero-order valence-corrected chi connectivity index (χ0v) is 14.9. The molecule has 128 valence electrons. The van der Waals surface area contributed by atoms with Gasteiger partial charge in [-0.1, -0.05) is 30.7 Å². The second-order valence-corrected chi connectivity index (χ2v) is 8.37. The summed E-state index contributed by atoms with van der Waals surface area (Å²) in [6.07, 6.45) is 2.36. The van der Waals surface area contributed by atoms with Crippen LogP contribution in [0.5, 0.6) is 0 Å². The molecule has 1 aromatic carbocycles. The number of carbonyl (C=O) groups is 1. The van der Waals surface area contributed by atoms with E-state index in [2.05, 4.69) is 5.32 Å². The van der Waals surface area contributed by atoms with Crippen LogP contribution in [0.1, 0.15) is 36.5 Å². The maximum atomic E-state index is 12.2. The summed E-state index contributed by atoms with van der Waals surface area (Å²) in [7, 11) is -3.16. The molecule has 0 saturated carbocycles. The summed E-state index contributed by atoms with van der Waals surface area (Å²) >= 11 is 6.01. The van der Waals surface area contributed by atoms with Crippen LogP contribution in [0.4, 0.5) is 0 Å². The number of carbonyl (C=O) groups excluding carboxylic acids is 1. The maximum absolute atomic E-state index is 12.2. The normalized spacial score (nSPS) is 19.5. The second-order valence-electron chi connectivity index (χ2n) is 5.87. The summed E-state index contributed by atoms with van der Waals surface area (Å²) < 4.78 is 25.9. The standard InChI is InChI=1S/C16H23ClN2O3S/c1-2-10-23(21,22)19-9-5-6-13(12-19)11-18-16(20)14-7-3-4-8-15(14)17/h3-4,7-8,13H,2,5-6,9-12H2,1H3,(H,18,20)/t13-/m1/s1. The quantitative estimate of drug-likeness (QED) is 0.849. The monoisotopic (exact) mass is 358 g/mol. The summed E-state index contributed by atoms with van der Waals surface area (Å²) in [4.78, 5) is 12.2. The molecule has 2 rings (SSSR count). The molecular weight excluding hydrogens is 336 g/mol. The summed E-state index contributed by atoms with van der Waals surface area (Å²) in [6.45, 7) is 3.38. The number of rotatable bonds is 6. The third kappa shape index (κ3) is 4.93. The van der Waals surface area contributed by atoms with E-state index in [4.69, 9.17) is 11.6 Å². The second kappa shape index (κ2) is 8.13. The smallest absolute Gasteiger partial charge is 0.252 e. The van der Waals surface area contributed by atoms with Crippen molar-refractivity contribution in [2.24, 2.45) is 5.92 Å². The lowest BCUT2D eigenvalue weighted by atomic mass is 9.99. The van der Waals surface area contributed by atoms with Gasteiger partial charge in [-0.2, -0.15) is 0 Å². The molecule has 0 unspecified atom stereocenters. The largest absolute Gasteiger partial charge is 0.352 e. The molecular formula is C16H23ClN2O3S. The Morgan fingerprint density at radius 3 is 2.83 bits per heavy atom. The Morgan fingerprint density at radius 1 is 1.39 bits per heavy atom. The third-order valence-electron chi connectivity index (χ3n) is 4.01. The minimum atomic E-state index is -3.16. The number of hydrogen-bond donors (Lipinski definition) is 1. The van der Waals surface area contributed by atoms with E-state index in [1.807, 2.05) is 6.92 Å². The van der Waals surface area contributed by atoms with E-state index in [-0.39, 0.29) is 17.6 Å². The lowest BCUT2D eigenvalue weighted by Crippen LogP contribution is -2.44. The van der Waals surface area contributed by atoms with Crippen LogP contribution in [-0.2, 0) is 10.0 Å². The number of amides is 1. The van der Waals surface area contributed by atoms with Crippen LogP contribution in [-0.4, -0.2) is 44.0 Å². The van der Waals surface area contributed by atoms with Gasteiger partial charge in [0.05, 0.1) is 16.3 Å². The van der Waals surface area contributed by atoms with E-state index in [0.29, 0.717) is 36.6 Å². The Bertz CT molecular complexity index is 648. The Balaban J connectivity index is 1.91. The van der Waals surface area contributed by atoms with Gasteiger partial charge in [0.2, 0.25) is 10.0 Å². The first kappa shape index (κ1) is 18.2. The molecule has 7 heteroatoms. The van der Waals surface area contributed by atoms with Crippen molar-refractivity contribution in [3.8, 4) is 0 Å². The van der Waals surface area contributed by atoms with Crippen LogP contribution >= 0.6 is 11.6 Å². The van der Waals surface area contributed by atoms with Gasteiger partial charge in [-0.15, -0.1) is 0 Å². The van der Waals surface area contributed by atoms with Crippen molar-refractivity contribution in [1.29, 1.82) is 0 Å². The molecule has 23 heavy (non-hydrogen) atoms. The van der Waals surface area contributed by atoms with E-state index in [9.17, 15) is 13.2 Å². The molecule has 5 nitrogen and oxygen atoms in total. The fourth-order valence-corrected chi connectivity index (χ4v) is 4.65. The van der Waals surface area contributed by atoms with Gasteiger partial charge in [0.25, 0.3) is 5.91 Å². The van der Waals surface area contributed by atoms with Crippen LogP contribution < -0.4 is 5.32 Å². The predicted molar refractivity (Wildman–Crippen MR) is 92.2 cm³/mol. The summed E-state index contributed by atoms with van der Waals surface area (Å²) in [6, 6.07) is 6.89. The molecule has 0 aromatic heterocycles. The Labute approximate surface area is 143 Å². The first-order valence-corrected chi connectivity index (χ1v) is 9.93. The van der Waals surface area contributed by atoms with Crippen molar-refractivity contribution in [2.75, 3.05) is 25.4 Å². The Hall–Kier alpha value is -1.11. The first-order valence-electron chi connectivity index (χ1n) is 7.94. The summed E-state index contributed by atoms with van der Waals surface area (Å²) in [5.41, 5.74) is 0.445. The zero-order chi connectivity index (χ0) is 16.9. The fourth-order valence-electron chi connectivity index (χ4n) is 2.81. The first-order chi connectivity index (χ1) is 10.9. The van der Waals surface area contributed by atoms with E-state index in [1.54, 1.807) is 28.6 Å². The molecule has 1 heterocycles. The van der Waals surface area contributed by atoms with E-state index in [1.165, 1.54) is 0 Å². The average molecular weight is 359 g/mol. The van der Waals surface area contributed by atoms with Gasteiger partial charge in [-0.25, -0.2) is 12.7 Å². The Morgan fingerprint density at radius 2 is 2.13 bits per heavy atom. The zero-order valence-electron chi connectivity index (χ0n) is 13.3. The van der Waals surface area contributed by atoms with Crippen molar-refractivity contribution in [1.82, 2.24) is 9.62 Å². The fraction of sp³-hybridized carbons (Fsp3) is 0.562.